The average molecular weight is 583 g/mol. The van der Waals surface area contributed by atoms with Crippen molar-refractivity contribution in [1.29, 1.82) is 0 Å². The Bertz CT molecular complexity index is 550. The molecule has 0 aromatic heterocycles. The zero-order chi connectivity index (χ0) is 30.1. The van der Waals surface area contributed by atoms with Crippen molar-refractivity contribution in [3.05, 3.63) is 0 Å². The van der Waals surface area contributed by atoms with E-state index in [1.165, 1.54) is 141 Å². The molecule has 0 aromatic rings. The summed E-state index contributed by atoms with van der Waals surface area (Å²) in [5, 5.41) is 9.48. The molecule has 5 heteroatoms. The van der Waals surface area contributed by atoms with Crippen LogP contribution in [0.4, 0.5) is 0 Å². The molecule has 0 bridgehead atoms. The maximum Gasteiger partial charge on any atom is 0.306 e. The molecular formula is C36H70O5. The van der Waals surface area contributed by atoms with Crippen LogP contribution in [0.1, 0.15) is 200 Å². The molecule has 0 fully saturated rings. The van der Waals surface area contributed by atoms with Crippen LogP contribution in [-0.2, 0) is 19.1 Å². The molecule has 0 aliphatic carbocycles. The topological polar surface area (TPSA) is 72.8 Å². The van der Waals surface area contributed by atoms with Gasteiger partial charge in [-0.2, -0.15) is 0 Å². The Morgan fingerprint density at radius 1 is 0.463 bits per heavy atom. The molecule has 5 nitrogen and oxygen atoms in total. The molecule has 0 unspecified atom stereocenters. The summed E-state index contributed by atoms with van der Waals surface area (Å²) in [5.41, 5.74) is 0. The van der Waals surface area contributed by atoms with Crippen LogP contribution in [0.3, 0.4) is 0 Å². The molecule has 0 amide bonds. The van der Waals surface area contributed by atoms with E-state index in [4.69, 9.17) is 9.47 Å². The van der Waals surface area contributed by atoms with E-state index in [1.54, 1.807) is 0 Å². The minimum Gasteiger partial charge on any atom is -0.462 e. The van der Waals surface area contributed by atoms with Crippen LogP contribution in [0.25, 0.3) is 0 Å². The van der Waals surface area contributed by atoms with Gasteiger partial charge in [0.15, 0.2) is 6.10 Å². The molecule has 0 aliphatic heterocycles. The van der Waals surface area contributed by atoms with Gasteiger partial charge < -0.3 is 14.6 Å². The molecule has 0 saturated carbocycles. The van der Waals surface area contributed by atoms with E-state index in [2.05, 4.69) is 13.8 Å². The first-order chi connectivity index (χ1) is 20.1. The fourth-order valence-corrected chi connectivity index (χ4v) is 5.38. The van der Waals surface area contributed by atoms with Gasteiger partial charge in [0.25, 0.3) is 0 Å². The third-order valence-corrected chi connectivity index (χ3v) is 8.15. The monoisotopic (exact) mass is 583 g/mol. The molecule has 1 N–H and O–H groups in total. The van der Waals surface area contributed by atoms with E-state index >= 15 is 0 Å². The second kappa shape index (κ2) is 33.4. The molecule has 0 spiro atoms. The maximum absolute atomic E-state index is 12.0. The Labute approximate surface area is 255 Å². The maximum atomic E-state index is 12.0. The fourth-order valence-electron chi connectivity index (χ4n) is 5.38. The van der Waals surface area contributed by atoms with E-state index in [0.29, 0.717) is 12.8 Å². The normalized spacial score (nSPS) is 12.0. The molecule has 1 atom stereocenters. The third kappa shape index (κ3) is 31.7. The van der Waals surface area contributed by atoms with Crippen molar-refractivity contribution >= 4 is 11.9 Å². The van der Waals surface area contributed by atoms with Crippen LogP contribution in [0, 0.1) is 0 Å². The van der Waals surface area contributed by atoms with Gasteiger partial charge in [-0.05, 0) is 12.8 Å². The first-order valence-corrected chi connectivity index (χ1v) is 18.1. The van der Waals surface area contributed by atoms with Crippen LogP contribution >= 0.6 is 0 Å². The number of ether oxygens (including phenoxy) is 2. The standard InChI is InChI=1S/C36H70O5/c1-3-5-7-9-11-13-14-15-16-17-18-19-20-21-22-23-25-26-28-30-35(38)40-33-34(32-37)41-36(39)31-29-27-24-12-10-8-6-4-2/h34,37H,3-33H2,1-2H3/t34-/m0/s1. The van der Waals surface area contributed by atoms with Gasteiger partial charge in [0, 0.05) is 12.8 Å². The van der Waals surface area contributed by atoms with Crippen LogP contribution < -0.4 is 0 Å². The number of carbonyl (C=O) groups is 2. The summed E-state index contributed by atoms with van der Waals surface area (Å²) in [6, 6.07) is 0. The molecular weight excluding hydrogens is 512 g/mol. The summed E-state index contributed by atoms with van der Waals surface area (Å²) in [7, 11) is 0. The van der Waals surface area contributed by atoms with Crippen molar-refractivity contribution in [2.24, 2.45) is 0 Å². The summed E-state index contributed by atoms with van der Waals surface area (Å²) in [6.07, 6.45) is 34.6. The van der Waals surface area contributed by atoms with Gasteiger partial charge in [0.2, 0.25) is 0 Å². The Balaban J connectivity index is 3.45. The van der Waals surface area contributed by atoms with E-state index in [1.807, 2.05) is 0 Å². The average Bonchev–Trinajstić information content (AvgIpc) is 2.97. The summed E-state index contributed by atoms with van der Waals surface area (Å²) in [6.45, 7) is 4.12. The first kappa shape index (κ1) is 39.9. The number of aliphatic hydroxyl groups is 1. The van der Waals surface area contributed by atoms with Gasteiger partial charge in [0.1, 0.15) is 6.61 Å². The quantitative estimate of drug-likeness (QED) is 0.0615. The summed E-state index contributed by atoms with van der Waals surface area (Å²) in [5.74, 6) is -0.584. The highest BCUT2D eigenvalue weighted by molar-refractivity contribution is 5.70. The molecule has 0 aromatic carbocycles. The Morgan fingerprint density at radius 2 is 0.756 bits per heavy atom. The van der Waals surface area contributed by atoms with Gasteiger partial charge in [-0.15, -0.1) is 0 Å². The van der Waals surface area contributed by atoms with E-state index in [9.17, 15) is 14.7 Å². The lowest BCUT2D eigenvalue weighted by molar-refractivity contribution is -0.161. The second-order valence-electron chi connectivity index (χ2n) is 12.3. The number of carbonyl (C=O) groups excluding carboxylic acids is 2. The van der Waals surface area contributed by atoms with Gasteiger partial charge in [0.05, 0.1) is 6.61 Å². The number of unbranched alkanes of at least 4 members (excludes halogenated alkanes) is 25. The highest BCUT2D eigenvalue weighted by Crippen LogP contribution is 2.15. The van der Waals surface area contributed by atoms with E-state index in [0.717, 1.165) is 32.1 Å². The van der Waals surface area contributed by atoms with Crippen molar-refractivity contribution in [2.75, 3.05) is 13.2 Å². The van der Waals surface area contributed by atoms with Crippen LogP contribution in [0.15, 0.2) is 0 Å². The molecule has 0 rings (SSSR count). The summed E-state index contributed by atoms with van der Waals surface area (Å²) >= 11 is 0. The summed E-state index contributed by atoms with van der Waals surface area (Å²) < 4.78 is 10.5. The third-order valence-electron chi connectivity index (χ3n) is 8.15. The van der Waals surface area contributed by atoms with Crippen molar-refractivity contribution in [1.82, 2.24) is 0 Å². The molecule has 0 aliphatic rings. The van der Waals surface area contributed by atoms with Crippen LogP contribution in [0.2, 0.25) is 0 Å². The zero-order valence-corrected chi connectivity index (χ0v) is 27.6. The Hall–Kier alpha value is -1.10. The van der Waals surface area contributed by atoms with Gasteiger partial charge in [-0.1, -0.05) is 174 Å². The fraction of sp³-hybridized carbons (Fsp3) is 0.944. The van der Waals surface area contributed by atoms with Crippen molar-refractivity contribution in [3.8, 4) is 0 Å². The van der Waals surface area contributed by atoms with Gasteiger partial charge in [-0.3, -0.25) is 9.59 Å². The Morgan fingerprint density at radius 3 is 1.07 bits per heavy atom. The van der Waals surface area contributed by atoms with E-state index < -0.39 is 6.10 Å². The van der Waals surface area contributed by atoms with Crippen molar-refractivity contribution in [3.63, 3.8) is 0 Å². The predicted molar refractivity (Wildman–Crippen MR) is 173 cm³/mol. The first-order valence-electron chi connectivity index (χ1n) is 18.1. The lowest BCUT2D eigenvalue weighted by atomic mass is 10.0. The minimum absolute atomic E-state index is 0.0579. The van der Waals surface area contributed by atoms with Gasteiger partial charge in [-0.25, -0.2) is 0 Å². The number of rotatable bonds is 33. The lowest BCUT2D eigenvalue weighted by Crippen LogP contribution is -2.28. The molecule has 0 heterocycles. The lowest BCUT2D eigenvalue weighted by Gasteiger charge is -2.15. The highest BCUT2D eigenvalue weighted by Gasteiger charge is 2.16. The SMILES string of the molecule is CCCCCCCCCCCCCCCCCCCCCC(=O)OC[C@H](CO)OC(=O)CCCCCCCCCC. The number of hydrogen-bond acceptors (Lipinski definition) is 5. The molecule has 244 valence electrons. The molecule has 0 radical (unpaired) electrons. The summed E-state index contributed by atoms with van der Waals surface area (Å²) in [4.78, 5) is 24.0. The Kier molecular flexibility index (Phi) is 32.5. The van der Waals surface area contributed by atoms with Crippen molar-refractivity contribution < 1.29 is 24.2 Å². The number of hydrogen-bond donors (Lipinski definition) is 1. The highest BCUT2D eigenvalue weighted by atomic mass is 16.6. The van der Waals surface area contributed by atoms with Gasteiger partial charge >= 0.3 is 11.9 Å². The van der Waals surface area contributed by atoms with E-state index in [-0.39, 0.29) is 25.2 Å². The number of esters is 2. The number of aliphatic hydroxyl groups excluding tert-OH is 1. The second-order valence-corrected chi connectivity index (χ2v) is 12.3. The van der Waals surface area contributed by atoms with Crippen LogP contribution in [-0.4, -0.2) is 36.4 Å². The molecule has 41 heavy (non-hydrogen) atoms. The van der Waals surface area contributed by atoms with Crippen molar-refractivity contribution in [2.45, 2.75) is 206 Å². The minimum atomic E-state index is -0.759. The zero-order valence-electron chi connectivity index (χ0n) is 27.6. The largest absolute Gasteiger partial charge is 0.462 e. The van der Waals surface area contributed by atoms with Crippen LogP contribution in [0.5, 0.6) is 0 Å². The smallest absolute Gasteiger partial charge is 0.306 e. The molecule has 0 saturated heterocycles. The predicted octanol–water partition coefficient (Wildman–Crippen LogP) is 10.8.